The van der Waals surface area contributed by atoms with Gasteiger partial charge in [0.25, 0.3) is 15.9 Å². The third-order valence-corrected chi connectivity index (χ3v) is 4.64. The molecule has 3 aliphatic heterocycles. The second kappa shape index (κ2) is 6.17. The molecule has 1 fully saturated rings. The molecule has 0 spiro atoms. The van der Waals surface area contributed by atoms with E-state index >= 15 is 0 Å². The van der Waals surface area contributed by atoms with Crippen LogP contribution in [0.15, 0.2) is 28.3 Å². The highest BCUT2D eigenvalue weighted by molar-refractivity contribution is 7.90. The molecule has 0 aromatic rings. The zero-order valence-electron chi connectivity index (χ0n) is 11.4. The van der Waals surface area contributed by atoms with Gasteiger partial charge in [0.1, 0.15) is 0 Å². The summed E-state index contributed by atoms with van der Waals surface area (Å²) in [5.41, 5.74) is 0.359. The first-order chi connectivity index (χ1) is 9.57. The molecule has 3 rings (SSSR count). The van der Waals surface area contributed by atoms with Gasteiger partial charge in [-0.05, 0) is 12.2 Å². The van der Waals surface area contributed by atoms with Crippen LogP contribution < -0.4 is 5.32 Å². The third kappa shape index (κ3) is 3.28. The van der Waals surface area contributed by atoms with E-state index in [1.165, 1.54) is 0 Å². The molecule has 9 heteroatoms. The number of amidine groups is 1. The molecule has 3 aliphatic rings. The van der Waals surface area contributed by atoms with E-state index < -0.39 is 10.0 Å². The van der Waals surface area contributed by atoms with Crippen molar-refractivity contribution in [1.82, 2.24) is 15.1 Å². The lowest BCUT2D eigenvalue weighted by atomic mass is 10.1. The lowest BCUT2D eigenvalue weighted by Crippen LogP contribution is -2.49. The average molecular weight is 333 g/mol. The molecule has 0 aromatic heterocycles. The highest BCUT2D eigenvalue weighted by Gasteiger charge is 2.32. The van der Waals surface area contributed by atoms with Crippen molar-refractivity contribution in [3.8, 4) is 0 Å². The van der Waals surface area contributed by atoms with Gasteiger partial charge in [0, 0.05) is 38.9 Å². The average Bonchev–Trinajstić information content (AvgIpc) is 2.46. The van der Waals surface area contributed by atoms with Gasteiger partial charge in [-0.2, -0.15) is 0 Å². The van der Waals surface area contributed by atoms with Crippen LogP contribution in [-0.4, -0.2) is 68.4 Å². The highest BCUT2D eigenvalue weighted by atomic mass is 35.5. The molecule has 0 radical (unpaired) electrons. The number of halogens is 1. The second-order valence-electron chi connectivity index (χ2n) is 4.86. The summed E-state index contributed by atoms with van der Waals surface area (Å²) in [5.74, 6) is 0.0784. The summed E-state index contributed by atoms with van der Waals surface area (Å²) in [6, 6.07) is 0. The van der Waals surface area contributed by atoms with Crippen LogP contribution in [0.3, 0.4) is 0 Å². The second-order valence-corrected chi connectivity index (χ2v) is 6.61. The minimum atomic E-state index is -3.46. The van der Waals surface area contributed by atoms with Gasteiger partial charge in [-0.3, -0.25) is 4.79 Å². The smallest absolute Gasteiger partial charge is 0.257 e. The van der Waals surface area contributed by atoms with Gasteiger partial charge in [0.05, 0.1) is 11.3 Å². The van der Waals surface area contributed by atoms with Crippen molar-refractivity contribution in [3.05, 3.63) is 23.9 Å². The quantitative estimate of drug-likeness (QED) is 0.689. The topological polar surface area (TPSA) is 82.1 Å². The molecule has 7 nitrogen and oxygen atoms in total. The number of nitrogens with one attached hydrogen (secondary N) is 1. The maximum Gasteiger partial charge on any atom is 0.257 e. The molecule has 3 heterocycles. The zero-order chi connectivity index (χ0) is 14.2. The number of nitrogens with zero attached hydrogens (tertiary/aromatic N) is 3. The Labute approximate surface area is 129 Å². The van der Waals surface area contributed by atoms with Gasteiger partial charge < -0.3 is 15.1 Å². The van der Waals surface area contributed by atoms with E-state index in [4.69, 9.17) is 0 Å². The van der Waals surface area contributed by atoms with Crippen LogP contribution in [-0.2, 0) is 14.8 Å². The number of hydrogen-bond donors (Lipinski definition) is 1. The molecule has 0 unspecified atom stereocenters. The number of hydrogen-bond acceptors (Lipinski definition) is 5. The summed E-state index contributed by atoms with van der Waals surface area (Å²) in [7, 11) is -3.46. The molecule has 0 bridgehead atoms. The minimum Gasteiger partial charge on any atom is -0.336 e. The largest absolute Gasteiger partial charge is 0.336 e. The van der Waals surface area contributed by atoms with Crippen molar-refractivity contribution in [1.29, 1.82) is 0 Å². The molecule has 1 saturated heterocycles. The predicted molar refractivity (Wildman–Crippen MR) is 81.8 cm³/mol. The first-order valence-corrected chi connectivity index (χ1v) is 8.16. The number of rotatable bonds is 1. The van der Waals surface area contributed by atoms with Crippen LogP contribution in [0.5, 0.6) is 0 Å². The summed E-state index contributed by atoms with van der Waals surface area (Å²) < 4.78 is 27.1. The Morgan fingerprint density at radius 2 is 1.95 bits per heavy atom. The van der Waals surface area contributed by atoms with Crippen molar-refractivity contribution in [3.63, 3.8) is 0 Å². The molecule has 0 saturated carbocycles. The molecular weight excluding hydrogens is 316 g/mol. The van der Waals surface area contributed by atoms with Crippen LogP contribution in [0.4, 0.5) is 0 Å². The Morgan fingerprint density at radius 3 is 2.67 bits per heavy atom. The first-order valence-electron chi connectivity index (χ1n) is 6.55. The van der Waals surface area contributed by atoms with E-state index in [2.05, 4.69) is 9.71 Å². The first kappa shape index (κ1) is 16.0. The van der Waals surface area contributed by atoms with Gasteiger partial charge in [0.2, 0.25) is 0 Å². The van der Waals surface area contributed by atoms with E-state index in [1.807, 2.05) is 0 Å². The summed E-state index contributed by atoms with van der Waals surface area (Å²) in [6.45, 7) is 3.09. The third-order valence-electron chi connectivity index (χ3n) is 3.49. The number of sulfonamides is 1. The van der Waals surface area contributed by atoms with E-state index in [-0.39, 0.29) is 29.9 Å². The molecule has 1 amide bonds. The van der Waals surface area contributed by atoms with Crippen LogP contribution >= 0.6 is 12.4 Å². The maximum absolute atomic E-state index is 12.5. The number of amides is 1. The number of carbonyl (C=O) groups is 1. The fourth-order valence-electron chi connectivity index (χ4n) is 2.42. The van der Waals surface area contributed by atoms with Gasteiger partial charge in [0.15, 0.2) is 5.84 Å². The van der Waals surface area contributed by atoms with Crippen LogP contribution in [0.2, 0.25) is 0 Å². The monoisotopic (exact) mass is 332 g/mol. The zero-order valence-corrected chi connectivity index (χ0v) is 13.0. The van der Waals surface area contributed by atoms with Crippen LogP contribution in [0.25, 0.3) is 0 Å². The van der Waals surface area contributed by atoms with Gasteiger partial charge in [-0.1, -0.05) is 0 Å². The van der Waals surface area contributed by atoms with Crippen molar-refractivity contribution < 1.29 is 13.2 Å². The van der Waals surface area contributed by atoms with Gasteiger partial charge in [-0.15, -0.1) is 16.8 Å². The van der Waals surface area contributed by atoms with E-state index in [0.29, 0.717) is 25.2 Å². The Balaban J connectivity index is 0.00000161. The molecule has 0 atom stereocenters. The molecular formula is C12H17ClN4O3S. The maximum atomic E-state index is 12.5. The molecule has 116 valence electrons. The van der Waals surface area contributed by atoms with Crippen molar-refractivity contribution >= 4 is 34.2 Å². The number of allylic oxidation sites excluding steroid dienone is 2. The van der Waals surface area contributed by atoms with Gasteiger partial charge in [-0.25, -0.2) is 8.42 Å². The predicted octanol–water partition coefficient (Wildman–Crippen LogP) is -0.662. The fraction of sp³-hybridized carbons (Fsp3) is 0.500. The summed E-state index contributed by atoms with van der Waals surface area (Å²) >= 11 is 0. The summed E-state index contributed by atoms with van der Waals surface area (Å²) in [5, 5.41) is 3.18. The fourth-order valence-corrected chi connectivity index (χ4v) is 3.41. The van der Waals surface area contributed by atoms with Crippen molar-refractivity contribution in [2.75, 3.05) is 38.5 Å². The standard InChI is InChI=1S/C12H16N4O3S.ClH/c17-12(16-6-3-13-4-7-16)10-2-1-5-15-8-9-20(18,19)14-11(10)15;/h1-2,5,13H,3-4,6-9H2;1H. The lowest BCUT2D eigenvalue weighted by Gasteiger charge is -2.32. The molecule has 1 N–H and O–H groups in total. The summed E-state index contributed by atoms with van der Waals surface area (Å²) in [4.78, 5) is 16.0. The normalized spacial score (nSPS) is 23.6. The Kier molecular flexibility index (Phi) is 4.70. The highest BCUT2D eigenvalue weighted by Crippen LogP contribution is 2.19. The number of carbonyl (C=O) groups excluding carboxylic acids is 1. The van der Waals surface area contributed by atoms with E-state index in [0.717, 1.165) is 13.1 Å². The lowest BCUT2D eigenvalue weighted by molar-refractivity contribution is -0.127. The van der Waals surface area contributed by atoms with Crippen molar-refractivity contribution in [2.45, 2.75) is 0 Å². The van der Waals surface area contributed by atoms with E-state index in [1.54, 1.807) is 28.2 Å². The van der Waals surface area contributed by atoms with E-state index in [9.17, 15) is 13.2 Å². The Bertz CT molecular complexity index is 620. The molecule has 21 heavy (non-hydrogen) atoms. The number of fused-ring (bicyclic) bond motifs is 1. The SMILES string of the molecule is Cl.O=C(C1=CC=CN2CCS(=O)(=O)N=C12)N1CCNCC1. The van der Waals surface area contributed by atoms with Crippen LogP contribution in [0.1, 0.15) is 0 Å². The number of piperazine rings is 1. The minimum absolute atomic E-state index is 0. The van der Waals surface area contributed by atoms with Gasteiger partial charge >= 0.3 is 0 Å². The van der Waals surface area contributed by atoms with Crippen molar-refractivity contribution in [2.24, 2.45) is 4.40 Å². The Morgan fingerprint density at radius 1 is 1.24 bits per heavy atom. The molecule has 0 aliphatic carbocycles. The summed E-state index contributed by atoms with van der Waals surface area (Å²) in [6.07, 6.45) is 5.15. The van der Waals surface area contributed by atoms with Crippen LogP contribution in [0, 0.1) is 0 Å². The molecule has 0 aromatic carbocycles. The Hall–Kier alpha value is -1.38.